The first-order valence-electron chi connectivity index (χ1n) is 5.96. The molecule has 1 N–H and O–H groups in total. The molecule has 0 aliphatic heterocycles. The fraction of sp³-hybridized carbons (Fsp3) is 1.00. The molecule has 0 spiro atoms. The van der Waals surface area contributed by atoms with E-state index in [-0.39, 0.29) is 5.75 Å². The molecule has 0 aromatic carbocycles. The monoisotopic (exact) mass is 267 g/mol. The van der Waals surface area contributed by atoms with E-state index in [9.17, 15) is 8.42 Å². The van der Waals surface area contributed by atoms with Crippen LogP contribution in [0.1, 0.15) is 13.8 Å². The number of sulfone groups is 1. The molecule has 17 heavy (non-hydrogen) atoms. The molecule has 6 heteroatoms. The Morgan fingerprint density at radius 3 is 2.29 bits per heavy atom. The number of hydrogen-bond acceptors (Lipinski definition) is 5. The molecule has 0 aromatic heterocycles. The second-order valence-corrected chi connectivity index (χ2v) is 6.72. The van der Waals surface area contributed by atoms with E-state index >= 15 is 0 Å². The Balaban J connectivity index is 3.09. The molecule has 0 radical (unpaired) electrons. The van der Waals surface area contributed by atoms with Crippen LogP contribution < -0.4 is 5.32 Å². The van der Waals surface area contributed by atoms with Crippen molar-refractivity contribution in [2.45, 2.75) is 13.8 Å². The lowest BCUT2D eigenvalue weighted by atomic mass is 10.2. The van der Waals surface area contributed by atoms with E-state index in [1.165, 1.54) is 6.26 Å². The van der Waals surface area contributed by atoms with Gasteiger partial charge < -0.3 is 14.8 Å². The van der Waals surface area contributed by atoms with E-state index in [1.54, 1.807) is 0 Å². The molecule has 0 aliphatic carbocycles. The van der Waals surface area contributed by atoms with Gasteiger partial charge in [0.15, 0.2) is 0 Å². The van der Waals surface area contributed by atoms with Gasteiger partial charge in [0.2, 0.25) is 0 Å². The Kier molecular flexibility index (Phi) is 9.72. The van der Waals surface area contributed by atoms with Crippen LogP contribution in [0.4, 0.5) is 0 Å². The summed E-state index contributed by atoms with van der Waals surface area (Å²) in [6, 6.07) is 0. The Labute approximate surface area is 105 Å². The van der Waals surface area contributed by atoms with Crippen molar-refractivity contribution < 1.29 is 17.9 Å². The molecule has 0 saturated heterocycles. The molecule has 0 amide bonds. The summed E-state index contributed by atoms with van der Waals surface area (Å²) < 4.78 is 32.3. The summed E-state index contributed by atoms with van der Waals surface area (Å²) in [5.74, 6) is 0.720. The molecule has 0 aliphatic rings. The van der Waals surface area contributed by atoms with Gasteiger partial charge in [0, 0.05) is 26.0 Å². The summed E-state index contributed by atoms with van der Waals surface area (Å²) in [6.45, 7) is 7.89. The number of ether oxygens (including phenoxy) is 2. The van der Waals surface area contributed by atoms with Crippen molar-refractivity contribution in [2.24, 2.45) is 5.92 Å². The molecular weight excluding hydrogens is 242 g/mol. The molecule has 0 unspecified atom stereocenters. The fourth-order valence-corrected chi connectivity index (χ4v) is 1.58. The van der Waals surface area contributed by atoms with Gasteiger partial charge in [0.1, 0.15) is 9.84 Å². The van der Waals surface area contributed by atoms with Crippen molar-refractivity contribution in [1.82, 2.24) is 5.32 Å². The van der Waals surface area contributed by atoms with Crippen LogP contribution in [0.2, 0.25) is 0 Å². The lowest BCUT2D eigenvalue weighted by Crippen LogP contribution is -2.26. The standard InChI is InChI=1S/C11H25NO4S/c1-11(2)10-16-8-7-15-6-4-12-5-9-17(3,13)14/h11-12H,4-10H2,1-3H3. The minimum atomic E-state index is -2.86. The topological polar surface area (TPSA) is 64.6 Å². The van der Waals surface area contributed by atoms with Crippen molar-refractivity contribution >= 4 is 9.84 Å². The second-order valence-electron chi connectivity index (χ2n) is 4.46. The van der Waals surface area contributed by atoms with Crippen molar-refractivity contribution in [2.75, 3.05) is 51.5 Å². The van der Waals surface area contributed by atoms with E-state index in [0.29, 0.717) is 38.8 Å². The average molecular weight is 267 g/mol. The molecule has 0 fully saturated rings. The van der Waals surface area contributed by atoms with Gasteiger partial charge in [-0.3, -0.25) is 0 Å². The summed E-state index contributed by atoms with van der Waals surface area (Å²) in [5.41, 5.74) is 0. The maximum Gasteiger partial charge on any atom is 0.148 e. The van der Waals surface area contributed by atoms with Crippen molar-refractivity contribution in [3.63, 3.8) is 0 Å². The van der Waals surface area contributed by atoms with Crippen LogP contribution in [0, 0.1) is 5.92 Å². The zero-order valence-corrected chi connectivity index (χ0v) is 11.9. The molecule has 0 bridgehead atoms. The predicted octanol–water partition coefficient (Wildman–Crippen LogP) is 0.310. The van der Waals surface area contributed by atoms with Gasteiger partial charge in [0.05, 0.1) is 25.6 Å². The highest BCUT2D eigenvalue weighted by molar-refractivity contribution is 7.90. The van der Waals surface area contributed by atoms with Crippen LogP contribution in [-0.2, 0) is 19.3 Å². The molecular formula is C11H25NO4S. The van der Waals surface area contributed by atoms with E-state index < -0.39 is 9.84 Å². The molecule has 0 saturated carbocycles. The minimum Gasteiger partial charge on any atom is -0.379 e. The first kappa shape index (κ1) is 16.8. The SMILES string of the molecule is CC(C)COCCOCCNCCS(C)(=O)=O. The summed E-state index contributed by atoms with van der Waals surface area (Å²) in [7, 11) is -2.86. The van der Waals surface area contributed by atoms with E-state index in [0.717, 1.165) is 6.61 Å². The lowest BCUT2D eigenvalue weighted by molar-refractivity contribution is 0.0389. The van der Waals surface area contributed by atoms with Crippen molar-refractivity contribution in [3.8, 4) is 0 Å². The minimum absolute atomic E-state index is 0.171. The molecule has 5 nitrogen and oxygen atoms in total. The number of hydrogen-bond donors (Lipinski definition) is 1. The Morgan fingerprint density at radius 1 is 1.06 bits per heavy atom. The normalized spacial score (nSPS) is 12.2. The fourth-order valence-electron chi connectivity index (χ4n) is 1.07. The van der Waals surface area contributed by atoms with Crippen LogP contribution in [0.15, 0.2) is 0 Å². The number of rotatable bonds is 11. The van der Waals surface area contributed by atoms with Gasteiger partial charge >= 0.3 is 0 Å². The van der Waals surface area contributed by atoms with Gasteiger partial charge in [0.25, 0.3) is 0 Å². The van der Waals surface area contributed by atoms with Crippen LogP contribution in [-0.4, -0.2) is 59.9 Å². The zero-order chi connectivity index (χ0) is 13.1. The van der Waals surface area contributed by atoms with Crippen molar-refractivity contribution in [3.05, 3.63) is 0 Å². The van der Waals surface area contributed by atoms with Crippen LogP contribution in [0.5, 0.6) is 0 Å². The molecule has 0 aromatic rings. The second kappa shape index (κ2) is 9.82. The summed E-state index contributed by atoms with van der Waals surface area (Å²) in [4.78, 5) is 0. The Hall–Kier alpha value is -0.170. The Bertz CT molecular complexity index is 265. The Morgan fingerprint density at radius 2 is 1.71 bits per heavy atom. The van der Waals surface area contributed by atoms with Crippen LogP contribution in [0.25, 0.3) is 0 Å². The summed E-state index contributed by atoms with van der Waals surface area (Å²) in [5, 5.41) is 3.01. The highest BCUT2D eigenvalue weighted by Gasteiger charge is 2.00. The highest BCUT2D eigenvalue weighted by Crippen LogP contribution is 1.91. The average Bonchev–Trinajstić information content (AvgIpc) is 2.18. The van der Waals surface area contributed by atoms with Gasteiger partial charge in [-0.05, 0) is 5.92 Å². The van der Waals surface area contributed by atoms with Gasteiger partial charge in [-0.25, -0.2) is 8.42 Å². The summed E-state index contributed by atoms with van der Waals surface area (Å²) >= 11 is 0. The van der Waals surface area contributed by atoms with Crippen LogP contribution in [0.3, 0.4) is 0 Å². The summed E-state index contributed by atoms with van der Waals surface area (Å²) in [6.07, 6.45) is 1.23. The van der Waals surface area contributed by atoms with Crippen molar-refractivity contribution in [1.29, 1.82) is 0 Å². The number of nitrogens with one attached hydrogen (secondary N) is 1. The molecule has 0 rings (SSSR count). The maximum absolute atomic E-state index is 10.8. The third-order valence-corrected chi connectivity index (χ3v) is 2.84. The first-order chi connectivity index (χ1) is 7.92. The van der Waals surface area contributed by atoms with Gasteiger partial charge in [-0.15, -0.1) is 0 Å². The third-order valence-electron chi connectivity index (χ3n) is 1.90. The maximum atomic E-state index is 10.8. The predicted molar refractivity (Wildman–Crippen MR) is 69.1 cm³/mol. The first-order valence-corrected chi connectivity index (χ1v) is 8.02. The molecule has 104 valence electrons. The van der Waals surface area contributed by atoms with E-state index in [4.69, 9.17) is 9.47 Å². The van der Waals surface area contributed by atoms with E-state index in [2.05, 4.69) is 19.2 Å². The quantitative estimate of drug-likeness (QED) is 0.546. The molecule has 0 atom stereocenters. The van der Waals surface area contributed by atoms with Gasteiger partial charge in [-0.1, -0.05) is 13.8 Å². The lowest BCUT2D eigenvalue weighted by Gasteiger charge is -2.08. The van der Waals surface area contributed by atoms with E-state index in [1.807, 2.05) is 0 Å². The third kappa shape index (κ3) is 15.8. The smallest absolute Gasteiger partial charge is 0.148 e. The largest absolute Gasteiger partial charge is 0.379 e. The molecule has 0 heterocycles. The highest BCUT2D eigenvalue weighted by atomic mass is 32.2. The van der Waals surface area contributed by atoms with Gasteiger partial charge in [-0.2, -0.15) is 0 Å². The van der Waals surface area contributed by atoms with Crippen LogP contribution >= 0.6 is 0 Å². The zero-order valence-electron chi connectivity index (χ0n) is 11.1.